The normalized spacial score (nSPS) is 17.9. The minimum atomic E-state index is -0.581. The maximum Gasteiger partial charge on any atom is 0.238 e. The minimum Gasteiger partial charge on any atom is -0.494 e. The lowest BCUT2D eigenvalue weighted by Crippen LogP contribution is -2.43. The van der Waals surface area contributed by atoms with Crippen LogP contribution >= 0.6 is 11.8 Å². The van der Waals surface area contributed by atoms with Gasteiger partial charge < -0.3 is 14.8 Å². The number of aliphatic imine (C=N–C) groups is 1. The van der Waals surface area contributed by atoms with Gasteiger partial charge in [0.1, 0.15) is 22.4 Å². The molecule has 0 aliphatic carbocycles. The monoisotopic (exact) mass is 413 g/mol. The molecule has 3 rings (SSSR count). The molecule has 8 heteroatoms. The molecular formula is C21H23N3O4S. The Labute approximate surface area is 174 Å². The number of rotatable bonds is 6. The van der Waals surface area contributed by atoms with Crippen molar-refractivity contribution in [3.8, 4) is 11.5 Å². The quantitative estimate of drug-likeness (QED) is 0.781. The van der Waals surface area contributed by atoms with Crippen LogP contribution in [0.15, 0.2) is 53.5 Å². The van der Waals surface area contributed by atoms with Gasteiger partial charge in [-0.2, -0.15) is 0 Å². The van der Waals surface area contributed by atoms with Crippen LogP contribution in [0, 0.1) is 0 Å². The highest BCUT2D eigenvalue weighted by Gasteiger charge is 2.34. The molecule has 0 saturated carbocycles. The summed E-state index contributed by atoms with van der Waals surface area (Å²) in [7, 11) is 3.22. The van der Waals surface area contributed by atoms with Crippen molar-refractivity contribution < 1.29 is 19.1 Å². The maximum atomic E-state index is 12.8. The van der Waals surface area contributed by atoms with Crippen LogP contribution in [0.2, 0.25) is 0 Å². The molecule has 0 aromatic heterocycles. The van der Waals surface area contributed by atoms with E-state index in [9.17, 15) is 9.59 Å². The highest BCUT2D eigenvalue weighted by molar-refractivity contribution is 8.15. The van der Waals surface area contributed by atoms with Crippen LogP contribution in [-0.2, 0) is 9.59 Å². The van der Waals surface area contributed by atoms with Gasteiger partial charge in [0.05, 0.1) is 13.7 Å². The lowest BCUT2D eigenvalue weighted by molar-refractivity contribution is -0.128. The topological polar surface area (TPSA) is 80.2 Å². The van der Waals surface area contributed by atoms with E-state index >= 15 is 0 Å². The number of methoxy groups -OCH3 is 1. The van der Waals surface area contributed by atoms with Gasteiger partial charge >= 0.3 is 0 Å². The van der Waals surface area contributed by atoms with Crippen LogP contribution in [0.25, 0.3) is 0 Å². The molecule has 1 saturated heterocycles. The van der Waals surface area contributed by atoms with E-state index in [1.807, 2.05) is 31.2 Å². The lowest BCUT2D eigenvalue weighted by atomic mass is 10.2. The second-order valence-electron chi connectivity index (χ2n) is 6.28. The highest BCUT2D eigenvalue weighted by Crippen LogP contribution is 2.32. The summed E-state index contributed by atoms with van der Waals surface area (Å²) in [5, 5.41) is 2.73. The number of benzene rings is 2. The van der Waals surface area contributed by atoms with E-state index < -0.39 is 5.25 Å². The number of hydrogen-bond donors (Lipinski definition) is 1. The molecule has 0 spiro atoms. The van der Waals surface area contributed by atoms with E-state index in [-0.39, 0.29) is 18.2 Å². The molecule has 152 valence electrons. The van der Waals surface area contributed by atoms with E-state index in [1.165, 1.54) is 16.7 Å². The third kappa shape index (κ3) is 5.08. The summed E-state index contributed by atoms with van der Waals surface area (Å²) in [6.45, 7) is 2.44. The van der Waals surface area contributed by atoms with Gasteiger partial charge in [0.25, 0.3) is 0 Å². The van der Waals surface area contributed by atoms with Gasteiger partial charge in [-0.3, -0.25) is 14.5 Å². The van der Waals surface area contributed by atoms with Crippen molar-refractivity contribution in [2.24, 2.45) is 4.99 Å². The number of amidine groups is 1. The standard InChI is InChI=1S/C21H23N3O4S/c1-4-28-15-9-7-8-14(12-15)22-20(26)18-13-19(25)24(2)21(29-18)23-16-10-5-6-11-17(16)27-3/h5-12,18H,4,13H2,1-3H3,(H,22,26)/t18-/m0/s1. The molecule has 2 aromatic carbocycles. The molecular weight excluding hydrogens is 390 g/mol. The van der Waals surface area contributed by atoms with Crippen LogP contribution in [0.1, 0.15) is 13.3 Å². The summed E-state index contributed by atoms with van der Waals surface area (Å²) in [6, 6.07) is 14.5. The van der Waals surface area contributed by atoms with Crippen molar-refractivity contribution in [3.05, 3.63) is 48.5 Å². The fourth-order valence-corrected chi connectivity index (χ4v) is 3.83. The van der Waals surface area contributed by atoms with Gasteiger partial charge in [-0.05, 0) is 31.2 Å². The fourth-order valence-electron chi connectivity index (χ4n) is 2.78. The Balaban J connectivity index is 1.78. The average Bonchev–Trinajstić information content (AvgIpc) is 2.72. The Kier molecular flexibility index (Phi) is 6.77. The smallest absolute Gasteiger partial charge is 0.238 e. The lowest BCUT2D eigenvalue weighted by Gasteiger charge is -2.29. The molecule has 1 heterocycles. The number of thioether (sulfide) groups is 1. The molecule has 1 atom stereocenters. The third-order valence-electron chi connectivity index (χ3n) is 4.27. The number of para-hydroxylation sites is 2. The minimum absolute atomic E-state index is 0.100. The van der Waals surface area contributed by atoms with Gasteiger partial charge in [0.2, 0.25) is 11.8 Å². The molecule has 0 bridgehead atoms. The zero-order chi connectivity index (χ0) is 20.8. The van der Waals surface area contributed by atoms with Crippen molar-refractivity contribution in [2.45, 2.75) is 18.6 Å². The first kappa shape index (κ1) is 20.7. The predicted octanol–water partition coefficient (Wildman–Crippen LogP) is 3.68. The van der Waals surface area contributed by atoms with Gasteiger partial charge in [-0.1, -0.05) is 30.0 Å². The first-order chi connectivity index (χ1) is 14.0. The molecule has 0 unspecified atom stereocenters. The zero-order valence-corrected chi connectivity index (χ0v) is 17.4. The van der Waals surface area contributed by atoms with Crippen LogP contribution in [0.3, 0.4) is 0 Å². The van der Waals surface area contributed by atoms with E-state index in [4.69, 9.17) is 9.47 Å². The number of anilines is 1. The van der Waals surface area contributed by atoms with Gasteiger partial charge in [0.15, 0.2) is 5.17 Å². The van der Waals surface area contributed by atoms with Crippen LogP contribution in [0.4, 0.5) is 11.4 Å². The number of carbonyl (C=O) groups excluding carboxylic acids is 2. The van der Waals surface area contributed by atoms with Crippen LogP contribution in [-0.4, -0.2) is 47.9 Å². The summed E-state index contributed by atoms with van der Waals surface area (Å²) >= 11 is 1.26. The van der Waals surface area contributed by atoms with Gasteiger partial charge in [-0.15, -0.1) is 0 Å². The average molecular weight is 413 g/mol. The zero-order valence-electron chi connectivity index (χ0n) is 16.5. The molecule has 1 N–H and O–H groups in total. The number of ether oxygens (including phenoxy) is 2. The fraction of sp³-hybridized carbons (Fsp3) is 0.286. The summed E-state index contributed by atoms with van der Waals surface area (Å²) < 4.78 is 10.8. The van der Waals surface area contributed by atoms with E-state index in [0.717, 1.165) is 0 Å². The summed E-state index contributed by atoms with van der Waals surface area (Å²) in [5.41, 5.74) is 1.22. The number of amides is 2. The largest absolute Gasteiger partial charge is 0.494 e. The molecule has 0 radical (unpaired) electrons. The Morgan fingerprint density at radius 2 is 2.07 bits per heavy atom. The van der Waals surface area contributed by atoms with Gasteiger partial charge in [0, 0.05) is 25.2 Å². The van der Waals surface area contributed by atoms with E-state index in [2.05, 4.69) is 10.3 Å². The Morgan fingerprint density at radius 3 is 2.83 bits per heavy atom. The van der Waals surface area contributed by atoms with Crippen molar-refractivity contribution in [3.63, 3.8) is 0 Å². The van der Waals surface area contributed by atoms with Crippen LogP contribution in [0.5, 0.6) is 11.5 Å². The van der Waals surface area contributed by atoms with Gasteiger partial charge in [-0.25, -0.2) is 4.99 Å². The molecule has 29 heavy (non-hydrogen) atoms. The number of hydrogen-bond acceptors (Lipinski definition) is 6. The number of nitrogens with one attached hydrogen (secondary N) is 1. The molecule has 1 fully saturated rings. The Morgan fingerprint density at radius 1 is 1.28 bits per heavy atom. The van der Waals surface area contributed by atoms with Crippen molar-refractivity contribution in [2.75, 3.05) is 26.1 Å². The molecule has 7 nitrogen and oxygen atoms in total. The van der Waals surface area contributed by atoms with Crippen LogP contribution < -0.4 is 14.8 Å². The molecule has 1 aliphatic rings. The van der Waals surface area contributed by atoms with E-state index in [0.29, 0.717) is 34.6 Å². The van der Waals surface area contributed by atoms with Crippen molar-refractivity contribution >= 4 is 40.1 Å². The molecule has 2 aromatic rings. The first-order valence-electron chi connectivity index (χ1n) is 9.20. The summed E-state index contributed by atoms with van der Waals surface area (Å²) in [5.74, 6) is 0.857. The molecule has 2 amide bonds. The molecule has 1 aliphatic heterocycles. The van der Waals surface area contributed by atoms with E-state index in [1.54, 1.807) is 38.4 Å². The van der Waals surface area contributed by atoms with Crippen molar-refractivity contribution in [1.82, 2.24) is 4.90 Å². The summed E-state index contributed by atoms with van der Waals surface area (Å²) in [4.78, 5) is 31.3. The maximum absolute atomic E-state index is 12.8. The first-order valence-corrected chi connectivity index (χ1v) is 10.1. The highest BCUT2D eigenvalue weighted by atomic mass is 32.2. The number of carbonyl (C=O) groups is 2. The SMILES string of the molecule is CCOc1cccc(NC(=O)[C@@H]2CC(=O)N(C)C(=Nc3ccccc3OC)S2)c1. The second-order valence-corrected chi connectivity index (χ2v) is 7.45. The summed E-state index contributed by atoms with van der Waals surface area (Å²) in [6.07, 6.45) is 0.100. The predicted molar refractivity (Wildman–Crippen MR) is 115 cm³/mol. The number of nitrogens with zero attached hydrogens (tertiary/aromatic N) is 2. The van der Waals surface area contributed by atoms with Crippen molar-refractivity contribution in [1.29, 1.82) is 0 Å². The third-order valence-corrected chi connectivity index (χ3v) is 5.52. The Hall–Kier alpha value is -3.00. The Bertz CT molecular complexity index is 932. The second kappa shape index (κ2) is 9.47.